The summed E-state index contributed by atoms with van der Waals surface area (Å²) in [5.41, 5.74) is -1.27. The molecule has 0 radical (unpaired) electrons. The van der Waals surface area contributed by atoms with E-state index in [-0.39, 0.29) is 18.6 Å². The average molecular weight is 226 g/mol. The van der Waals surface area contributed by atoms with Crippen molar-refractivity contribution in [3.05, 3.63) is 23.8 Å². The number of allylic oxidation sites excluding steroid dienone is 2. The van der Waals surface area contributed by atoms with Crippen LogP contribution in [0.15, 0.2) is 23.8 Å². The van der Waals surface area contributed by atoms with Gasteiger partial charge in [0.1, 0.15) is 0 Å². The topological polar surface area (TPSA) is 94.8 Å². The lowest BCUT2D eigenvalue weighted by Gasteiger charge is -2.34. The average Bonchev–Trinajstić information content (AvgIpc) is 2.20. The lowest BCUT2D eigenvalue weighted by atomic mass is 9.68. The second-order valence-corrected chi connectivity index (χ2v) is 3.83. The highest BCUT2D eigenvalue weighted by atomic mass is 16.4. The number of aliphatic carboxylic acids is 2. The van der Waals surface area contributed by atoms with Gasteiger partial charge in [0.2, 0.25) is 0 Å². The molecular formula is C11H14O5. The molecule has 0 spiro atoms. The SMILES string of the molecule is CC1C(C(=O)O)=CC=CC1(CCO)C(=O)O. The number of rotatable bonds is 4. The molecule has 1 rings (SSSR count). The van der Waals surface area contributed by atoms with Gasteiger partial charge in [0.05, 0.1) is 5.41 Å². The maximum absolute atomic E-state index is 11.3. The molecule has 0 saturated carbocycles. The molecule has 2 unspecified atom stereocenters. The predicted octanol–water partition coefficient (Wildman–Crippen LogP) is 0.657. The van der Waals surface area contributed by atoms with Gasteiger partial charge in [-0.15, -0.1) is 0 Å². The van der Waals surface area contributed by atoms with Gasteiger partial charge in [-0.25, -0.2) is 4.79 Å². The van der Waals surface area contributed by atoms with E-state index >= 15 is 0 Å². The standard InChI is InChI=1S/C11H14O5/c1-7-8(9(13)14)3-2-4-11(7,5-6-12)10(15)16/h2-4,7,12H,5-6H2,1H3,(H,13,14)(H,15,16). The van der Waals surface area contributed by atoms with Crippen molar-refractivity contribution in [3.63, 3.8) is 0 Å². The maximum Gasteiger partial charge on any atom is 0.331 e. The Hall–Kier alpha value is -1.62. The maximum atomic E-state index is 11.3. The third-order valence-electron chi connectivity index (χ3n) is 3.08. The Morgan fingerprint density at radius 2 is 2.06 bits per heavy atom. The number of carboxylic acid groups (broad SMARTS) is 2. The zero-order chi connectivity index (χ0) is 12.3. The van der Waals surface area contributed by atoms with Crippen LogP contribution in [0.5, 0.6) is 0 Å². The number of carboxylic acids is 2. The first-order valence-electron chi connectivity index (χ1n) is 4.92. The molecule has 3 N–H and O–H groups in total. The second-order valence-electron chi connectivity index (χ2n) is 3.83. The zero-order valence-corrected chi connectivity index (χ0v) is 8.88. The Bertz CT molecular complexity index is 369. The Kier molecular flexibility index (Phi) is 3.49. The lowest BCUT2D eigenvalue weighted by molar-refractivity contribution is -0.149. The largest absolute Gasteiger partial charge is 0.481 e. The van der Waals surface area contributed by atoms with E-state index in [0.29, 0.717) is 0 Å². The summed E-state index contributed by atoms with van der Waals surface area (Å²) < 4.78 is 0. The lowest BCUT2D eigenvalue weighted by Crippen LogP contribution is -2.40. The van der Waals surface area contributed by atoms with Crippen LogP contribution in [0.2, 0.25) is 0 Å². The minimum Gasteiger partial charge on any atom is -0.481 e. The van der Waals surface area contributed by atoms with Crippen molar-refractivity contribution < 1.29 is 24.9 Å². The van der Waals surface area contributed by atoms with E-state index in [1.54, 1.807) is 6.92 Å². The van der Waals surface area contributed by atoms with Gasteiger partial charge in [-0.2, -0.15) is 0 Å². The fourth-order valence-corrected chi connectivity index (χ4v) is 1.99. The van der Waals surface area contributed by atoms with Gasteiger partial charge in [0.15, 0.2) is 0 Å². The molecule has 2 atom stereocenters. The van der Waals surface area contributed by atoms with E-state index in [1.807, 2.05) is 0 Å². The van der Waals surface area contributed by atoms with Gasteiger partial charge in [-0.05, 0) is 6.42 Å². The van der Waals surface area contributed by atoms with Crippen LogP contribution < -0.4 is 0 Å². The third-order valence-corrected chi connectivity index (χ3v) is 3.08. The summed E-state index contributed by atoms with van der Waals surface area (Å²) in [7, 11) is 0. The van der Waals surface area contributed by atoms with Crippen molar-refractivity contribution in [2.24, 2.45) is 11.3 Å². The Morgan fingerprint density at radius 1 is 1.44 bits per heavy atom. The van der Waals surface area contributed by atoms with Gasteiger partial charge in [-0.1, -0.05) is 25.2 Å². The summed E-state index contributed by atoms with van der Waals surface area (Å²) in [5, 5.41) is 27.1. The van der Waals surface area contributed by atoms with Crippen molar-refractivity contribution in [1.82, 2.24) is 0 Å². The highest BCUT2D eigenvalue weighted by molar-refractivity contribution is 5.91. The van der Waals surface area contributed by atoms with Gasteiger partial charge < -0.3 is 15.3 Å². The van der Waals surface area contributed by atoms with E-state index in [9.17, 15) is 14.7 Å². The smallest absolute Gasteiger partial charge is 0.331 e. The number of aliphatic hydroxyl groups is 1. The van der Waals surface area contributed by atoms with Gasteiger partial charge in [-0.3, -0.25) is 4.79 Å². The van der Waals surface area contributed by atoms with Crippen LogP contribution in [0, 0.1) is 11.3 Å². The molecule has 16 heavy (non-hydrogen) atoms. The molecule has 0 amide bonds. The van der Waals surface area contributed by atoms with E-state index in [0.717, 1.165) is 0 Å². The third kappa shape index (κ3) is 1.86. The van der Waals surface area contributed by atoms with E-state index in [1.165, 1.54) is 18.2 Å². The quantitative estimate of drug-likeness (QED) is 0.654. The molecule has 0 saturated heterocycles. The number of hydrogen-bond acceptors (Lipinski definition) is 3. The fourth-order valence-electron chi connectivity index (χ4n) is 1.99. The van der Waals surface area contributed by atoms with Gasteiger partial charge in [0.25, 0.3) is 0 Å². The monoisotopic (exact) mass is 226 g/mol. The molecule has 5 heteroatoms. The van der Waals surface area contributed by atoms with Crippen molar-refractivity contribution in [3.8, 4) is 0 Å². The normalized spacial score (nSPS) is 28.6. The first-order valence-corrected chi connectivity index (χ1v) is 4.92. The minimum atomic E-state index is -1.32. The number of aliphatic hydroxyl groups excluding tert-OH is 1. The summed E-state index contributed by atoms with van der Waals surface area (Å²) in [4.78, 5) is 22.2. The Morgan fingerprint density at radius 3 is 2.50 bits per heavy atom. The molecule has 0 bridgehead atoms. The summed E-state index contributed by atoms with van der Waals surface area (Å²) in [5.74, 6) is -2.91. The van der Waals surface area contributed by atoms with Crippen LogP contribution in [-0.2, 0) is 9.59 Å². The second kappa shape index (κ2) is 4.49. The van der Waals surface area contributed by atoms with Crippen molar-refractivity contribution in [2.45, 2.75) is 13.3 Å². The minimum absolute atomic E-state index is 0.00458. The van der Waals surface area contributed by atoms with Crippen LogP contribution in [0.3, 0.4) is 0 Å². The van der Waals surface area contributed by atoms with E-state index in [2.05, 4.69) is 0 Å². The molecule has 0 aliphatic heterocycles. The van der Waals surface area contributed by atoms with Crippen LogP contribution in [0.1, 0.15) is 13.3 Å². The van der Waals surface area contributed by atoms with Gasteiger partial charge >= 0.3 is 11.9 Å². The van der Waals surface area contributed by atoms with Crippen LogP contribution in [0.4, 0.5) is 0 Å². The molecule has 5 nitrogen and oxygen atoms in total. The van der Waals surface area contributed by atoms with E-state index in [4.69, 9.17) is 10.2 Å². The molecule has 0 aromatic carbocycles. The molecule has 0 aromatic rings. The van der Waals surface area contributed by atoms with Crippen LogP contribution in [-0.4, -0.2) is 33.9 Å². The summed E-state index contributed by atoms with van der Waals surface area (Å²) >= 11 is 0. The molecule has 1 aliphatic rings. The molecule has 88 valence electrons. The van der Waals surface area contributed by atoms with Gasteiger partial charge in [0, 0.05) is 18.1 Å². The number of carbonyl (C=O) groups is 2. The summed E-state index contributed by atoms with van der Waals surface area (Å²) in [6, 6.07) is 0. The molecular weight excluding hydrogens is 212 g/mol. The van der Waals surface area contributed by atoms with E-state index < -0.39 is 23.3 Å². The Labute approximate surface area is 92.7 Å². The van der Waals surface area contributed by atoms with Crippen LogP contribution >= 0.6 is 0 Å². The van der Waals surface area contributed by atoms with Crippen molar-refractivity contribution >= 4 is 11.9 Å². The fraction of sp³-hybridized carbons (Fsp3) is 0.455. The Balaban J connectivity index is 3.15. The molecule has 0 aromatic heterocycles. The number of hydrogen-bond donors (Lipinski definition) is 3. The summed E-state index contributed by atoms with van der Waals surface area (Å²) in [6.45, 7) is 1.25. The highest BCUT2D eigenvalue weighted by Crippen LogP contribution is 2.40. The first kappa shape index (κ1) is 12.4. The predicted molar refractivity (Wildman–Crippen MR) is 55.8 cm³/mol. The van der Waals surface area contributed by atoms with Crippen molar-refractivity contribution in [1.29, 1.82) is 0 Å². The van der Waals surface area contributed by atoms with Crippen molar-refractivity contribution in [2.75, 3.05) is 6.61 Å². The molecule has 1 aliphatic carbocycles. The summed E-state index contributed by atoms with van der Waals surface area (Å²) in [6.07, 6.45) is 4.27. The first-order chi connectivity index (χ1) is 7.45. The van der Waals surface area contributed by atoms with Crippen LogP contribution in [0.25, 0.3) is 0 Å². The highest BCUT2D eigenvalue weighted by Gasteiger charge is 2.45. The molecule has 0 heterocycles. The molecule has 0 fully saturated rings. The zero-order valence-electron chi connectivity index (χ0n) is 8.88.